The number of carboxylic acid groups (broad SMARTS) is 1. The normalized spacial score (nSPS) is 19.5. The van der Waals surface area contributed by atoms with Gasteiger partial charge < -0.3 is 19.9 Å². The number of rotatable bonds is 6. The summed E-state index contributed by atoms with van der Waals surface area (Å²) in [7, 11) is 0. The van der Waals surface area contributed by atoms with Crippen molar-refractivity contribution in [3.05, 3.63) is 95.4 Å². The topological polar surface area (TPSA) is 95.6 Å². The zero-order valence-corrected chi connectivity index (χ0v) is 19.9. The largest absolute Gasteiger partial charge is 0.476 e. The molecule has 0 amide bonds. The van der Waals surface area contributed by atoms with Gasteiger partial charge in [-0.15, -0.1) is 0 Å². The minimum absolute atomic E-state index is 0.0808. The maximum Gasteiger partial charge on any atom is 0.356 e. The molecule has 1 aliphatic carbocycles. The van der Waals surface area contributed by atoms with Crippen molar-refractivity contribution in [2.45, 2.75) is 39.4 Å². The summed E-state index contributed by atoms with van der Waals surface area (Å²) in [4.78, 5) is 27.0. The van der Waals surface area contributed by atoms with Gasteiger partial charge in [0, 0.05) is 36.8 Å². The fourth-order valence-corrected chi connectivity index (χ4v) is 4.48. The van der Waals surface area contributed by atoms with E-state index in [1.165, 1.54) is 5.57 Å². The number of imidazole rings is 1. The second-order valence-electron chi connectivity index (χ2n) is 8.87. The lowest BCUT2D eigenvalue weighted by Crippen LogP contribution is -2.34. The number of nitrogens with zero attached hydrogens (tertiary/aromatic N) is 5. The van der Waals surface area contributed by atoms with Crippen LogP contribution in [0.4, 0.5) is 5.82 Å². The van der Waals surface area contributed by atoms with Gasteiger partial charge in [-0.3, -0.25) is 4.99 Å². The molecular formula is C27H28N6O2. The van der Waals surface area contributed by atoms with Gasteiger partial charge in [0.15, 0.2) is 5.69 Å². The number of amidine groups is 1. The Morgan fingerprint density at radius 1 is 1.29 bits per heavy atom. The second-order valence-corrected chi connectivity index (χ2v) is 8.87. The molecule has 1 unspecified atom stereocenters. The Kier molecular flexibility index (Phi) is 5.94. The van der Waals surface area contributed by atoms with Crippen molar-refractivity contribution in [2.75, 3.05) is 11.4 Å². The molecule has 8 heteroatoms. The average molecular weight is 469 g/mol. The number of carboxylic acids is 1. The molecular weight excluding hydrogens is 440 g/mol. The van der Waals surface area contributed by atoms with Gasteiger partial charge in [0.2, 0.25) is 0 Å². The molecule has 3 aliphatic rings. The molecule has 5 rings (SSSR count). The lowest BCUT2D eigenvalue weighted by molar-refractivity contribution is 0.0691. The molecule has 2 N–H and O–H groups in total. The zero-order chi connectivity index (χ0) is 24.5. The summed E-state index contributed by atoms with van der Waals surface area (Å²) in [5, 5.41) is 12.6. The molecule has 2 aliphatic heterocycles. The Hall–Kier alpha value is -4.20. The van der Waals surface area contributed by atoms with Gasteiger partial charge in [0.25, 0.3) is 0 Å². The van der Waals surface area contributed by atoms with E-state index in [1.807, 2.05) is 48.0 Å². The van der Waals surface area contributed by atoms with Gasteiger partial charge >= 0.3 is 5.97 Å². The summed E-state index contributed by atoms with van der Waals surface area (Å²) < 4.78 is 1.90. The quantitative estimate of drug-likeness (QED) is 0.620. The van der Waals surface area contributed by atoms with Crippen molar-refractivity contribution < 1.29 is 9.90 Å². The number of aromatic nitrogens is 3. The van der Waals surface area contributed by atoms with E-state index < -0.39 is 5.97 Å². The molecule has 1 atom stereocenters. The molecule has 0 saturated heterocycles. The van der Waals surface area contributed by atoms with E-state index in [4.69, 9.17) is 4.99 Å². The Morgan fingerprint density at radius 3 is 2.89 bits per heavy atom. The summed E-state index contributed by atoms with van der Waals surface area (Å²) in [6.45, 7) is 10.2. The van der Waals surface area contributed by atoms with Crippen molar-refractivity contribution in [3.8, 4) is 0 Å². The van der Waals surface area contributed by atoms with Crippen molar-refractivity contribution in [1.82, 2.24) is 19.9 Å². The van der Waals surface area contributed by atoms with Crippen LogP contribution in [0.25, 0.3) is 5.57 Å². The average Bonchev–Trinajstić information content (AvgIpc) is 3.48. The van der Waals surface area contributed by atoms with Crippen LogP contribution in [0, 0.1) is 0 Å². The molecule has 35 heavy (non-hydrogen) atoms. The lowest BCUT2D eigenvalue weighted by Gasteiger charge is -2.28. The van der Waals surface area contributed by atoms with Gasteiger partial charge in [-0.25, -0.2) is 14.8 Å². The van der Waals surface area contributed by atoms with Crippen LogP contribution in [0.1, 0.15) is 42.1 Å². The van der Waals surface area contributed by atoms with E-state index in [9.17, 15) is 9.90 Å². The monoisotopic (exact) mass is 468 g/mol. The molecule has 2 aromatic rings. The van der Waals surface area contributed by atoms with Crippen LogP contribution in [0.3, 0.4) is 0 Å². The predicted octanol–water partition coefficient (Wildman–Crippen LogP) is 4.12. The highest BCUT2D eigenvalue weighted by molar-refractivity contribution is 6.03. The molecule has 178 valence electrons. The molecule has 0 spiro atoms. The highest BCUT2D eigenvalue weighted by Gasteiger charge is 2.25. The summed E-state index contributed by atoms with van der Waals surface area (Å²) in [5.74, 6) is 1.39. The van der Waals surface area contributed by atoms with Crippen LogP contribution < -0.4 is 10.2 Å². The second kappa shape index (κ2) is 9.21. The van der Waals surface area contributed by atoms with E-state index >= 15 is 0 Å². The third kappa shape index (κ3) is 4.59. The van der Waals surface area contributed by atoms with Gasteiger partial charge in [-0.2, -0.15) is 0 Å². The number of carbonyl (C=O) groups is 1. The number of anilines is 1. The molecule has 0 bridgehead atoms. The minimum atomic E-state index is -1.01. The standard InChI is InChI=1S/C27H28N6O2/c1-4-19(7-6-18(3)26-30-21-9-5-17(2)13-22(21)31-26)20-8-10-24(28-14-20)33-12-11-32-15-23(27(34)35)29-25(32)16-33/h4-8,10,13-15,21H,3,9,11-12,16H2,1-2H3,(H,30,31)(H,34,35)/b7-6-,19-4+. The summed E-state index contributed by atoms with van der Waals surface area (Å²) in [5.41, 5.74) is 5.36. The van der Waals surface area contributed by atoms with Crippen molar-refractivity contribution >= 4 is 23.2 Å². The van der Waals surface area contributed by atoms with Crippen LogP contribution >= 0.6 is 0 Å². The zero-order valence-electron chi connectivity index (χ0n) is 19.9. The van der Waals surface area contributed by atoms with E-state index in [0.717, 1.165) is 52.9 Å². The van der Waals surface area contributed by atoms with Crippen molar-refractivity contribution in [3.63, 3.8) is 0 Å². The number of hydrogen-bond acceptors (Lipinski definition) is 6. The summed E-state index contributed by atoms with van der Waals surface area (Å²) in [6, 6.07) is 4.21. The minimum Gasteiger partial charge on any atom is -0.476 e. The van der Waals surface area contributed by atoms with E-state index in [2.05, 4.69) is 45.8 Å². The summed E-state index contributed by atoms with van der Waals surface area (Å²) in [6.07, 6.45) is 14.8. The smallest absolute Gasteiger partial charge is 0.356 e. The number of hydrogen-bond donors (Lipinski definition) is 2. The third-order valence-corrected chi connectivity index (χ3v) is 6.46. The molecule has 0 saturated carbocycles. The first-order valence-electron chi connectivity index (χ1n) is 11.7. The lowest BCUT2D eigenvalue weighted by atomic mass is 10.0. The Balaban J connectivity index is 1.24. The van der Waals surface area contributed by atoms with Gasteiger partial charge in [-0.1, -0.05) is 36.5 Å². The number of aromatic carboxylic acids is 1. The first-order valence-corrected chi connectivity index (χ1v) is 11.7. The number of aliphatic imine (C=N–C) groups is 1. The van der Waals surface area contributed by atoms with Gasteiger partial charge in [-0.05, 0) is 49.6 Å². The van der Waals surface area contributed by atoms with Crippen molar-refractivity contribution in [1.29, 1.82) is 0 Å². The van der Waals surface area contributed by atoms with Crippen LogP contribution in [0.5, 0.6) is 0 Å². The molecule has 0 fully saturated rings. The Bertz CT molecular complexity index is 1340. The molecule has 0 aromatic carbocycles. The molecule has 8 nitrogen and oxygen atoms in total. The number of pyridine rings is 1. The number of fused-ring (bicyclic) bond motifs is 2. The first-order chi connectivity index (χ1) is 16.9. The maximum atomic E-state index is 11.2. The van der Waals surface area contributed by atoms with Crippen molar-refractivity contribution in [2.24, 2.45) is 4.99 Å². The SMILES string of the molecule is C=C(/C=C\C(=C/C)c1ccc(N2CCn3cc(C(=O)O)nc3C2)nc1)C1=NC2CC=C(C)C=C2N1. The third-order valence-electron chi connectivity index (χ3n) is 6.46. The predicted molar refractivity (Wildman–Crippen MR) is 137 cm³/mol. The molecule has 4 heterocycles. The number of nitrogens with one attached hydrogen (secondary N) is 1. The fourth-order valence-electron chi connectivity index (χ4n) is 4.48. The first kappa shape index (κ1) is 22.6. The Morgan fingerprint density at radius 2 is 2.14 bits per heavy atom. The molecule has 2 aromatic heterocycles. The van der Waals surface area contributed by atoms with E-state index in [-0.39, 0.29) is 11.7 Å². The fraction of sp³-hybridized carbons (Fsp3) is 0.259. The Labute approximate surface area is 204 Å². The van der Waals surface area contributed by atoms with E-state index in [0.29, 0.717) is 13.1 Å². The summed E-state index contributed by atoms with van der Waals surface area (Å²) >= 11 is 0. The van der Waals surface area contributed by atoms with Gasteiger partial charge in [0.05, 0.1) is 12.6 Å². The molecule has 0 radical (unpaired) electrons. The van der Waals surface area contributed by atoms with Crippen LogP contribution in [-0.4, -0.2) is 44.0 Å². The van der Waals surface area contributed by atoms with E-state index in [1.54, 1.807) is 6.20 Å². The highest BCUT2D eigenvalue weighted by Crippen LogP contribution is 2.25. The maximum absolute atomic E-state index is 11.2. The number of allylic oxidation sites excluding steroid dienone is 5. The van der Waals surface area contributed by atoms with Gasteiger partial charge in [0.1, 0.15) is 17.5 Å². The highest BCUT2D eigenvalue weighted by atomic mass is 16.4. The van der Waals surface area contributed by atoms with Crippen LogP contribution in [0.2, 0.25) is 0 Å². The van der Waals surface area contributed by atoms with Crippen LogP contribution in [0.15, 0.2) is 83.3 Å². The van der Waals surface area contributed by atoms with Crippen LogP contribution in [-0.2, 0) is 13.1 Å².